The quantitative estimate of drug-likeness (QED) is 0.698. The number of hydrogen-bond acceptors (Lipinski definition) is 2. The molecule has 0 unspecified atom stereocenters. The summed E-state index contributed by atoms with van der Waals surface area (Å²) in [5.74, 6) is 0.257. The first-order valence-corrected chi connectivity index (χ1v) is 3.80. The zero-order chi connectivity index (χ0) is 8.97. The molecule has 0 aliphatic heterocycles. The van der Waals surface area contributed by atoms with Crippen molar-refractivity contribution in [3.63, 3.8) is 0 Å². The molecule has 0 saturated carbocycles. The van der Waals surface area contributed by atoms with E-state index in [2.05, 4.69) is 0 Å². The summed E-state index contributed by atoms with van der Waals surface area (Å²) in [5.41, 5.74) is 1.91. The Balaban J connectivity index is 2.93. The van der Waals surface area contributed by atoms with Gasteiger partial charge < -0.3 is 10.2 Å². The molecule has 12 heavy (non-hydrogen) atoms. The van der Waals surface area contributed by atoms with Gasteiger partial charge in [-0.2, -0.15) is 0 Å². The lowest BCUT2D eigenvalue weighted by atomic mass is 10.1. The van der Waals surface area contributed by atoms with Crippen LogP contribution in [0.15, 0.2) is 24.3 Å². The maximum Gasteiger partial charge on any atom is 0.116 e. The van der Waals surface area contributed by atoms with Crippen molar-refractivity contribution in [1.29, 1.82) is 0 Å². The van der Waals surface area contributed by atoms with Crippen molar-refractivity contribution in [2.75, 3.05) is 6.61 Å². The van der Waals surface area contributed by atoms with Gasteiger partial charge in [0.2, 0.25) is 0 Å². The van der Waals surface area contributed by atoms with E-state index >= 15 is 0 Å². The molecule has 0 radical (unpaired) electrons. The van der Waals surface area contributed by atoms with E-state index in [9.17, 15) is 5.11 Å². The van der Waals surface area contributed by atoms with Crippen LogP contribution in [0.25, 0.3) is 6.08 Å². The lowest BCUT2D eigenvalue weighted by Gasteiger charge is -1.98. The van der Waals surface area contributed by atoms with Gasteiger partial charge in [-0.05, 0) is 30.2 Å². The maximum absolute atomic E-state index is 9.20. The molecule has 0 spiro atoms. The number of rotatable bonds is 2. The van der Waals surface area contributed by atoms with Gasteiger partial charge >= 0.3 is 0 Å². The van der Waals surface area contributed by atoms with E-state index in [1.807, 2.05) is 13.0 Å². The molecule has 0 saturated heterocycles. The Bertz CT molecular complexity index is 270. The highest BCUT2D eigenvalue weighted by molar-refractivity contribution is 5.53. The summed E-state index contributed by atoms with van der Waals surface area (Å²) in [6.07, 6.45) is 3.40. The molecule has 64 valence electrons. The smallest absolute Gasteiger partial charge is 0.116 e. The highest BCUT2D eigenvalue weighted by atomic mass is 16.3. The molecular weight excluding hydrogens is 152 g/mol. The van der Waals surface area contributed by atoms with E-state index in [0.717, 1.165) is 11.1 Å². The molecule has 0 heterocycles. The largest absolute Gasteiger partial charge is 0.508 e. The second-order valence-electron chi connectivity index (χ2n) is 2.69. The maximum atomic E-state index is 9.20. The van der Waals surface area contributed by atoms with Crippen LogP contribution in [0.2, 0.25) is 0 Å². The topological polar surface area (TPSA) is 40.5 Å². The second-order valence-corrected chi connectivity index (χ2v) is 2.69. The summed E-state index contributed by atoms with van der Waals surface area (Å²) in [4.78, 5) is 0. The minimum Gasteiger partial charge on any atom is -0.508 e. The number of phenols is 1. The number of aromatic hydroxyl groups is 1. The van der Waals surface area contributed by atoms with E-state index in [-0.39, 0.29) is 12.4 Å². The molecule has 0 atom stereocenters. The lowest BCUT2D eigenvalue weighted by molar-refractivity contribution is 0.343. The molecule has 1 aromatic rings. The minimum atomic E-state index is 0.0225. The van der Waals surface area contributed by atoms with Gasteiger partial charge in [0.05, 0.1) is 6.61 Å². The molecule has 0 bridgehead atoms. The van der Waals surface area contributed by atoms with E-state index in [1.54, 1.807) is 24.3 Å². The Morgan fingerprint density at radius 1 is 1.33 bits per heavy atom. The zero-order valence-corrected chi connectivity index (χ0v) is 6.99. The zero-order valence-electron chi connectivity index (χ0n) is 6.99. The third-order valence-corrected chi connectivity index (χ3v) is 1.50. The van der Waals surface area contributed by atoms with Crippen LogP contribution < -0.4 is 0 Å². The van der Waals surface area contributed by atoms with Gasteiger partial charge in [-0.3, -0.25) is 0 Å². The summed E-state index contributed by atoms with van der Waals surface area (Å²) in [6, 6.07) is 5.28. The normalized spacial score (nSPS) is 10.8. The number of benzene rings is 1. The second kappa shape index (κ2) is 3.93. The molecule has 1 aromatic carbocycles. The van der Waals surface area contributed by atoms with E-state index in [0.29, 0.717) is 0 Å². The highest BCUT2D eigenvalue weighted by Gasteiger charge is 1.92. The van der Waals surface area contributed by atoms with Crippen LogP contribution in [0.3, 0.4) is 0 Å². The first-order valence-electron chi connectivity index (χ1n) is 3.80. The van der Waals surface area contributed by atoms with Crippen molar-refractivity contribution in [3.8, 4) is 5.75 Å². The standard InChI is InChI=1S/C10H12O2/c1-8-5-9(3-2-4-11)7-10(12)6-8/h2-3,5-7,11-12H,4H2,1H3. The third-order valence-electron chi connectivity index (χ3n) is 1.50. The fourth-order valence-corrected chi connectivity index (χ4v) is 1.08. The highest BCUT2D eigenvalue weighted by Crippen LogP contribution is 2.15. The fourth-order valence-electron chi connectivity index (χ4n) is 1.08. The van der Waals surface area contributed by atoms with Crippen molar-refractivity contribution >= 4 is 6.08 Å². The average Bonchev–Trinajstić information content (AvgIpc) is 1.99. The molecule has 0 fully saturated rings. The third kappa shape index (κ3) is 2.40. The van der Waals surface area contributed by atoms with Gasteiger partial charge in [0.1, 0.15) is 5.75 Å². The first kappa shape index (κ1) is 8.81. The van der Waals surface area contributed by atoms with Crippen molar-refractivity contribution in [1.82, 2.24) is 0 Å². The summed E-state index contributed by atoms with van der Waals surface area (Å²) >= 11 is 0. The van der Waals surface area contributed by atoms with Gasteiger partial charge in [0.25, 0.3) is 0 Å². The van der Waals surface area contributed by atoms with Crippen LogP contribution in [0, 0.1) is 6.92 Å². The van der Waals surface area contributed by atoms with E-state index in [4.69, 9.17) is 5.11 Å². The molecule has 2 nitrogen and oxygen atoms in total. The summed E-state index contributed by atoms with van der Waals surface area (Å²) in [5, 5.41) is 17.7. The monoisotopic (exact) mass is 164 g/mol. The van der Waals surface area contributed by atoms with Crippen molar-refractivity contribution < 1.29 is 10.2 Å². The van der Waals surface area contributed by atoms with Crippen LogP contribution in [0.1, 0.15) is 11.1 Å². The predicted molar refractivity (Wildman–Crippen MR) is 49.0 cm³/mol. The molecule has 2 heteroatoms. The van der Waals surface area contributed by atoms with E-state index < -0.39 is 0 Å². The van der Waals surface area contributed by atoms with Crippen molar-refractivity contribution in [3.05, 3.63) is 35.4 Å². The first-order chi connectivity index (χ1) is 5.72. The van der Waals surface area contributed by atoms with Crippen LogP contribution in [-0.2, 0) is 0 Å². The van der Waals surface area contributed by atoms with Crippen LogP contribution in [0.4, 0.5) is 0 Å². The SMILES string of the molecule is Cc1cc(O)cc(C=CCO)c1. The predicted octanol–water partition coefficient (Wildman–Crippen LogP) is 1.71. The van der Waals surface area contributed by atoms with Crippen molar-refractivity contribution in [2.45, 2.75) is 6.92 Å². The van der Waals surface area contributed by atoms with Gasteiger partial charge in [-0.25, -0.2) is 0 Å². The summed E-state index contributed by atoms with van der Waals surface area (Å²) < 4.78 is 0. The Kier molecular flexibility index (Phi) is 2.88. The molecule has 0 aliphatic carbocycles. The lowest BCUT2D eigenvalue weighted by Crippen LogP contribution is -1.77. The Morgan fingerprint density at radius 2 is 2.08 bits per heavy atom. The number of aryl methyl sites for hydroxylation is 1. The van der Waals surface area contributed by atoms with Gasteiger partial charge in [0, 0.05) is 0 Å². The number of aliphatic hydroxyl groups is 1. The van der Waals surface area contributed by atoms with Crippen LogP contribution in [0.5, 0.6) is 5.75 Å². The van der Waals surface area contributed by atoms with Gasteiger partial charge in [-0.15, -0.1) is 0 Å². The molecule has 1 rings (SSSR count). The average molecular weight is 164 g/mol. The Labute approximate surface area is 71.8 Å². The molecule has 0 aliphatic rings. The Hall–Kier alpha value is -1.28. The number of hydrogen-bond donors (Lipinski definition) is 2. The summed E-state index contributed by atoms with van der Waals surface area (Å²) in [6.45, 7) is 1.94. The number of aliphatic hydroxyl groups excluding tert-OH is 1. The Morgan fingerprint density at radius 3 is 2.67 bits per heavy atom. The minimum absolute atomic E-state index is 0.0225. The van der Waals surface area contributed by atoms with E-state index in [1.165, 1.54) is 0 Å². The van der Waals surface area contributed by atoms with Crippen molar-refractivity contribution in [2.24, 2.45) is 0 Å². The van der Waals surface area contributed by atoms with Gasteiger partial charge in [0.15, 0.2) is 0 Å². The molecule has 0 aromatic heterocycles. The molecular formula is C10H12O2. The van der Waals surface area contributed by atoms with Gasteiger partial charge in [-0.1, -0.05) is 18.2 Å². The number of phenolic OH excluding ortho intramolecular Hbond substituents is 1. The molecule has 2 N–H and O–H groups in total. The fraction of sp³-hybridized carbons (Fsp3) is 0.200. The summed E-state index contributed by atoms with van der Waals surface area (Å²) in [7, 11) is 0. The molecule has 0 amide bonds. The van der Waals surface area contributed by atoms with Crippen LogP contribution >= 0.6 is 0 Å². The van der Waals surface area contributed by atoms with Crippen LogP contribution in [-0.4, -0.2) is 16.8 Å².